The molecule has 0 aliphatic carbocycles. The summed E-state index contributed by atoms with van der Waals surface area (Å²) >= 11 is 4.98. The molecule has 27 heavy (non-hydrogen) atoms. The highest BCUT2D eigenvalue weighted by atomic mass is 79.9. The lowest BCUT2D eigenvalue weighted by Crippen LogP contribution is -2.41. The molecular formula is C20H22BrFN2O2S. The molecule has 7 heteroatoms. The number of hydrogen-bond acceptors (Lipinski definition) is 4. The van der Waals surface area contributed by atoms with Crippen LogP contribution in [-0.2, 0) is 9.53 Å². The van der Waals surface area contributed by atoms with Crippen LogP contribution < -0.4 is 5.73 Å². The number of rotatable bonds is 6. The number of nitrogens with zero attached hydrogens (tertiary/aromatic N) is 1. The number of nitrogen functional groups attached to an aromatic ring is 1. The van der Waals surface area contributed by atoms with Crippen LogP contribution in [0.1, 0.15) is 17.0 Å². The van der Waals surface area contributed by atoms with Crippen molar-refractivity contribution in [1.82, 2.24) is 4.90 Å². The summed E-state index contributed by atoms with van der Waals surface area (Å²) in [4.78, 5) is 14.2. The van der Waals surface area contributed by atoms with E-state index in [1.807, 2.05) is 29.2 Å². The van der Waals surface area contributed by atoms with Crippen LogP contribution in [0, 0.1) is 5.82 Å². The smallest absolute Gasteiger partial charge is 0.232 e. The Morgan fingerprint density at radius 1 is 1.22 bits per heavy atom. The molecular weight excluding hydrogens is 431 g/mol. The molecule has 1 amide bonds. The number of amides is 1. The van der Waals surface area contributed by atoms with Crippen LogP contribution in [0.25, 0.3) is 0 Å². The molecule has 144 valence electrons. The molecule has 1 saturated heterocycles. The molecule has 1 aliphatic heterocycles. The van der Waals surface area contributed by atoms with Crippen LogP contribution in [0.2, 0.25) is 0 Å². The Labute approximate surface area is 171 Å². The zero-order valence-corrected chi connectivity index (χ0v) is 17.3. The lowest BCUT2D eigenvalue weighted by molar-refractivity contribution is -0.132. The third-order valence-electron chi connectivity index (χ3n) is 4.58. The fourth-order valence-electron chi connectivity index (χ4n) is 3.12. The Kier molecular flexibility index (Phi) is 7.15. The molecule has 0 saturated carbocycles. The summed E-state index contributed by atoms with van der Waals surface area (Å²) in [6.45, 7) is 2.44. The molecule has 0 spiro atoms. The van der Waals surface area contributed by atoms with E-state index in [1.165, 1.54) is 17.8 Å². The first-order valence-corrected chi connectivity index (χ1v) is 10.7. The number of ether oxygens (including phenoxy) is 1. The monoisotopic (exact) mass is 452 g/mol. The van der Waals surface area contributed by atoms with Gasteiger partial charge in [0.05, 0.1) is 19.0 Å². The summed E-state index contributed by atoms with van der Waals surface area (Å²) in [5, 5.41) is 0. The van der Waals surface area contributed by atoms with Gasteiger partial charge in [-0.1, -0.05) is 34.1 Å². The second-order valence-electron chi connectivity index (χ2n) is 6.36. The van der Waals surface area contributed by atoms with Gasteiger partial charge in [0.1, 0.15) is 5.82 Å². The molecule has 0 bridgehead atoms. The van der Waals surface area contributed by atoms with E-state index < -0.39 is 0 Å². The van der Waals surface area contributed by atoms with E-state index in [0.29, 0.717) is 49.1 Å². The second-order valence-corrected chi connectivity index (χ2v) is 8.30. The Balaban J connectivity index is 1.75. The first kappa shape index (κ1) is 20.2. The van der Waals surface area contributed by atoms with Gasteiger partial charge in [0.25, 0.3) is 0 Å². The fourth-order valence-corrected chi connectivity index (χ4v) is 4.57. The van der Waals surface area contributed by atoms with Gasteiger partial charge in [0.15, 0.2) is 0 Å². The summed E-state index contributed by atoms with van der Waals surface area (Å²) in [5.41, 5.74) is 8.25. The highest BCUT2D eigenvalue weighted by molar-refractivity contribution is 9.10. The van der Waals surface area contributed by atoms with Gasteiger partial charge >= 0.3 is 0 Å². The Morgan fingerprint density at radius 2 is 1.96 bits per heavy atom. The molecule has 0 radical (unpaired) electrons. The van der Waals surface area contributed by atoms with Crippen molar-refractivity contribution in [2.24, 2.45) is 0 Å². The molecule has 1 unspecified atom stereocenters. The number of nitrogens with two attached hydrogens (primary N) is 1. The lowest BCUT2D eigenvalue weighted by Gasteiger charge is -2.27. The number of carbonyl (C=O) groups is 1. The number of hydrogen-bond donors (Lipinski definition) is 1. The van der Waals surface area contributed by atoms with Gasteiger partial charge in [-0.3, -0.25) is 4.79 Å². The lowest BCUT2D eigenvalue weighted by atomic mass is 9.91. The molecule has 2 aromatic rings. The maximum Gasteiger partial charge on any atom is 0.232 e. The summed E-state index contributed by atoms with van der Waals surface area (Å²) < 4.78 is 20.7. The molecule has 0 aromatic heterocycles. The van der Waals surface area contributed by atoms with Crippen LogP contribution >= 0.6 is 27.7 Å². The van der Waals surface area contributed by atoms with E-state index in [9.17, 15) is 9.18 Å². The molecule has 4 nitrogen and oxygen atoms in total. The van der Waals surface area contributed by atoms with Crippen LogP contribution in [-0.4, -0.2) is 48.6 Å². The Bertz CT molecular complexity index is 799. The molecule has 2 N–H and O–H groups in total. The van der Waals surface area contributed by atoms with E-state index in [1.54, 1.807) is 12.1 Å². The number of anilines is 1. The van der Waals surface area contributed by atoms with Crippen LogP contribution in [0.15, 0.2) is 46.9 Å². The van der Waals surface area contributed by atoms with Crippen molar-refractivity contribution in [3.63, 3.8) is 0 Å². The average molecular weight is 453 g/mol. The highest BCUT2D eigenvalue weighted by Crippen LogP contribution is 2.35. The zero-order chi connectivity index (χ0) is 19.2. The van der Waals surface area contributed by atoms with Gasteiger partial charge in [0.2, 0.25) is 5.91 Å². The predicted molar refractivity (Wildman–Crippen MR) is 112 cm³/mol. The Hall–Kier alpha value is -1.57. The summed E-state index contributed by atoms with van der Waals surface area (Å²) in [5.74, 6) is 0.530. The van der Waals surface area contributed by atoms with E-state index in [4.69, 9.17) is 10.5 Å². The van der Waals surface area contributed by atoms with Crippen molar-refractivity contribution >= 4 is 39.3 Å². The van der Waals surface area contributed by atoms with E-state index >= 15 is 0 Å². The van der Waals surface area contributed by atoms with Crippen molar-refractivity contribution in [3.8, 4) is 0 Å². The highest BCUT2D eigenvalue weighted by Gasteiger charge is 2.22. The van der Waals surface area contributed by atoms with Crippen molar-refractivity contribution in [1.29, 1.82) is 0 Å². The average Bonchev–Trinajstić information content (AvgIpc) is 2.69. The Morgan fingerprint density at radius 3 is 2.70 bits per heavy atom. The topological polar surface area (TPSA) is 55.6 Å². The maximum atomic E-state index is 14.5. The number of halogens is 2. The van der Waals surface area contributed by atoms with Gasteiger partial charge in [-0.05, 0) is 35.4 Å². The molecule has 2 aromatic carbocycles. The minimum absolute atomic E-state index is 0.0952. The van der Waals surface area contributed by atoms with Gasteiger partial charge in [-0.2, -0.15) is 11.8 Å². The third kappa shape index (κ3) is 5.24. The molecule has 3 rings (SSSR count). The fraction of sp³-hybridized carbons (Fsp3) is 0.350. The van der Waals surface area contributed by atoms with Gasteiger partial charge in [-0.15, -0.1) is 0 Å². The summed E-state index contributed by atoms with van der Waals surface area (Å²) in [6, 6.07) is 12.4. The standard InChI is InChI=1S/C20H22BrFN2O2S/c21-14-5-6-19(23)16(11-14)17(15-3-1-2-4-18(15)22)12-27-13-20(25)24-7-9-26-10-8-24/h1-6,11,17H,7-10,12-13,23H2. The van der Waals surface area contributed by atoms with Crippen LogP contribution in [0.4, 0.5) is 10.1 Å². The second kappa shape index (κ2) is 9.57. The van der Waals surface area contributed by atoms with Crippen LogP contribution in [0.5, 0.6) is 0 Å². The van der Waals surface area contributed by atoms with Gasteiger partial charge in [-0.25, -0.2) is 4.39 Å². The van der Waals surface area contributed by atoms with Crippen LogP contribution in [0.3, 0.4) is 0 Å². The quantitative estimate of drug-likeness (QED) is 0.675. The maximum absolute atomic E-state index is 14.5. The number of carbonyl (C=O) groups excluding carboxylic acids is 1. The molecule has 1 atom stereocenters. The van der Waals surface area contributed by atoms with E-state index in [2.05, 4.69) is 15.9 Å². The summed E-state index contributed by atoms with van der Waals surface area (Å²) in [6.07, 6.45) is 0. The van der Waals surface area contributed by atoms with Crippen molar-refractivity contribution in [3.05, 3.63) is 63.9 Å². The largest absolute Gasteiger partial charge is 0.398 e. The molecule has 1 aliphatic rings. The third-order valence-corrected chi connectivity index (χ3v) is 6.09. The number of morpholine rings is 1. The van der Waals surface area contributed by atoms with Crippen molar-refractivity contribution in [2.75, 3.05) is 43.5 Å². The SMILES string of the molecule is Nc1ccc(Br)cc1C(CSCC(=O)N1CCOCC1)c1ccccc1F. The summed E-state index contributed by atoms with van der Waals surface area (Å²) in [7, 11) is 0. The zero-order valence-electron chi connectivity index (χ0n) is 14.9. The predicted octanol–water partition coefficient (Wildman–Crippen LogP) is 3.89. The van der Waals surface area contributed by atoms with Crippen molar-refractivity contribution < 1.29 is 13.9 Å². The first-order valence-electron chi connectivity index (χ1n) is 8.79. The van der Waals surface area contributed by atoms with Gasteiger partial charge in [0, 0.05) is 34.9 Å². The number of thioether (sulfide) groups is 1. The van der Waals surface area contributed by atoms with Gasteiger partial charge < -0.3 is 15.4 Å². The molecule has 1 heterocycles. The minimum atomic E-state index is -0.262. The minimum Gasteiger partial charge on any atom is -0.398 e. The molecule has 1 fully saturated rings. The number of benzene rings is 2. The van der Waals surface area contributed by atoms with E-state index in [-0.39, 0.29) is 17.6 Å². The normalized spacial score (nSPS) is 15.6. The van der Waals surface area contributed by atoms with Crippen molar-refractivity contribution in [2.45, 2.75) is 5.92 Å². The first-order chi connectivity index (χ1) is 13.1. The van der Waals surface area contributed by atoms with E-state index in [0.717, 1.165) is 10.0 Å².